The van der Waals surface area contributed by atoms with Crippen molar-refractivity contribution in [3.63, 3.8) is 0 Å². The van der Waals surface area contributed by atoms with Gasteiger partial charge < -0.3 is 11.1 Å². The molecule has 0 aromatic carbocycles. The molecule has 0 spiro atoms. The molecule has 0 radical (unpaired) electrons. The number of nitrogens with one attached hydrogen (secondary N) is 1. The third-order valence-corrected chi connectivity index (χ3v) is 2.73. The standard InChI is InChI=1S/C13H21N3O/c1-10(7-14)3-6-13(17)16-9-12-5-4-11(2)15-8-12/h4-5,8,10H,3,6-7,9,14H2,1-2H3,(H,16,17). The Morgan fingerprint density at radius 3 is 2.88 bits per heavy atom. The second-order valence-corrected chi connectivity index (χ2v) is 4.46. The van der Waals surface area contributed by atoms with Crippen LogP contribution in [-0.4, -0.2) is 17.4 Å². The molecule has 4 heteroatoms. The Balaban J connectivity index is 2.26. The van der Waals surface area contributed by atoms with E-state index in [1.54, 1.807) is 6.20 Å². The maximum Gasteiger partial charge on any atom is 0.220 e. The molecule has 1 atom stereocenters. The van der Waals surface area contributed by atoms with Crippen LogP contribution in [0.3, 0.4) is 0 Å². The molecule has 4 nitrogen and oxygen atoms in total. The van der Waals surface area contributed by atoms with Gasteiger partial charge in [-0.3, -0.25) is 9.78 Å². The van der Waals surface area contributed by atoms with E-state index < -0.39 is 0 Å². The fourth-order valence-electron chi connectivity index (χ4n) is 1.39. The van der Waals surface area contributed by atoms with Crippen molar-refractivity contribution in [2.45, 2.75) is 33.2 Å². The number of pyridine rings is 1. The van der Waals surface area contributed by atoms with Gasteiger partial charge >= 0.3 is 0 Å². The van der Waals surface area contributed by atoms with E-state index in [0.29, 0.717) is 25.4 Å². The van der Waals surface area contributed by atoms with Crippen LogP contribution in [0.1, 0.15) is 31.0 Å². The Kier molecular flexibility index (Phi) is 5.63. The van der Waals surface area contributed by atoms with Crippen LogP contribution < -0.4 is 11.1 Å². The third-order valence-electron chi connectivity index (χ3n) is 2.73. The second-order valence-electron chi connectivity index (χ2n) is 4.46. The van der Waals surface area contributed by atoms with E-state index in [-0.39, 0.29) is 5.91 Å². The Bertz CT molecular complexity index is 348. The fourth-order valence-corrected chi connectivity index (χ4v) is 1.39. The smallest absolute Gasteiger partial charge is 0.220 e. The highest BCUT2D eigenvalue weighted by molar-refractivity contribution is 5.75. The minimum absolute atomic E-state index is 0.0749. The monoisotopic (exact) mass is 235 g/mol. The maximum atomic E-state index is 11.5. The first-order valence-corrected chi connectivity index (χ1v) is 6.00. The number of rotatable bonds is 6. The molecule has 0 aliphatic rings. The Labute approximate surface area is 103 Å². The van der Waals surface area contributed by atoms with E-state index in [4.69, 9.17) is 5.73 Å². The first-order valence-electron chi connectivity index (χ1n) is 6.00. The molecule has 0 fully saturated rings. The van der Waals surface area contributed by atoms with Crippen molar-refractivity contribution >= 4 is 5.91 Å². The molecule has 3 N–H and O–H groups in total. The van der Waals surface area contributed by atoms with E-state index in [2.05, 4.69) is 17.2 Å². The lowest BCUT2D eigenvalue weighted by Crippen LogP contribution is -2.24. The molecule has 1 heterocycles. The lowest BCUT2D eigenvalue weighted by molar-refractivity contribution is -0.121. The van der Waals surface area contributed by atoms with Gasteiger partial charge in [0.05, 0.1) is 0 Å². The second kappa shape index (κ2) is 7.01. The molecule has 1 amide bonds. The van der Waals surface area contributed by atoms with Crippen molar-refractivity contribution in [1.29, 1.82) is 0 Å². The number of carbonyl (C=O) groups is 1. The molecule has 94 valence electrons. The average molecular weight is 235 g/mol. The summed E-state index contributed by atoms with van der Waals surface area (Å²) in [4.78, 5) is 15.7. The van der Waals surface area contributed by atoms with Gasteiger partial charge in [-0.25, -0.2) is 0 Å². The lowest BCUT2D eigenvalue weighted by Gasteiger charge is -2.08. The van der Waals surface area contributed by atoms with Crippen LogP contribution in [-0.2, 0) is 11.3 Å². The predicted octanol–water partition coefficient (Wildman–Crippen LogP) is 1.38. The van der Waals surface area contributed by atoms with Crippen LogP contribution in [0.5, 0.6) is 0 Å². The molecule has 0 bridgehead atoms. The largest absolute Gasteiger partial charge is 0.352 e. The van der Waals surface area contributed by atoms with Crippen molar-refractivity contribution in [3.05, 3.63) is 29.6 Å². The van der Waals surface area contributed by atoms with Gasteiger partial charge in [-0.2, -0.15) is 0 Å². The van der Waals surface area contributed by atoms with Gasteiger partial charge in [0.15, 0.2) is 0 Å². The number of carbonyl (C=O) groups excluding carboxylic acids is 1. The van der Waals surface area contributed by atoms with Gasteiger partial charge in [-0.15, -0.1) is 0 Å². The van der Waals surface area contributed by atoms with Crippen LogP contribution >= 0.6 is 0 Å². The van der Waals surface area contributed by atoms with Crippen molar-refractivity contribution in [2.75, 3.05) is 6.54 Å². The van der Waals surface area contributed by atoms with Gasteiger partial charge in [-0.05, 0) is 37.4 Å². The molecular weight excluding hydrogens is 214 g/mol. The SMILES string of the molecule is Cc1ccc(CNC(=O)CCC(C)CN)cn1. The normalized spacial score (nSPS) is 12.2. The fraction of sp³-hybridized carbons (Fsp3) is 0.538. The van der Waals surface area contributed by atoms with Gasteiger partial charge in [0, 0.05) is 24.9 Å². The Morgan fingerprint density at radius 2 is 2.29 bits per heavy atom. The molecule has 1 aromatic rings. The van der Waals surface area contributed by atoms with E-state index in [1.807, 2.05) is 19.1 Å². The first-order chi connectivity index (χ1) is 8.11. The molecular formula is C13H21N3O. The van der Waals surface area contributed by atoms with Gasteiger partial charge in [-0.1, -0.05) is 13.0 Å². The number of nitrogens with zero attached hydrogens (tertiary/aromatic N) is 1. The minimum atomic E-state index is 0.0749. The quantitative estimate of drug-likeness (QED) is 0.782. The third kappa shape index (κ3) is 5.45. The van der Waals surface area contributed by atoms with E-state index in [1.165, 1.54) is 0 Å². The van der Waals surface area contributed by atoms with Crippen molar-refractivity contribution in [2.24, 2.45) is 11.7 Å². The number of hydrogen-bond acceptors (Lipinski definition) is 3. The maximum absolute atomic E-state index is 11.5. The van der Waals surface area contributed by atoms with Gasteiger partial charge in [0.25, 0.3) is 0 Å². The number of amides is 1. The van der Waals surface area contributed by atoms with Gasteiger partial charge in [0.1, 0.15) is 0 Å². The number of aryl methyl sites for hydroxylation is 1. The first kappa shape index (κ1) is 13.6. The average Bonchev–Trinajstić information content (AvgIpc) is 2.35. The van der Waals surface area contributed by atoms with Crippen molar-refractivity contribution < 1.29 is 4.79 Å². The predicted molar refractivity (Wildman–Crippen MR) is 68.3 cm³/mol. The summed E-state index contributed by atoms with van der Waals surface area (Å²) >= 11 is 0. The Hall–Kier alpha value is -1.42. The minimum Gasteiger partial charge on any atom is -0.352 e. The molecule has 1 aromatic heterocycles. The van der Waals surface area contributed by atoms with E-state index >= 15 is 0 Å². The van der Waals surface area contributed by atoms with Crippen LogP contribution in [0.2, 0.25) is 0 Å². The zero-order valence-electron chi connectivity index (χ0n) is 10.6. The van der Waals surface area contributed by atoms with Crippen molar-refractivity contribution in [1.82, 2.24) is 10.3 Å². The number of hydrogen-bond donors (Lipinski definition) is 2. The summed E-state index contributed by atoms with van der Waals surface area (Å²) in [6.07, 6.45) is 3.17. The number of aromatic nitrogens is 1. The topological polar surface area (TPSA) is 68.0 Å². The molecule has 0 aliphatic carbocycles. The van der Waals surface area contributed by atoms with E-state index in [0.717, 1.165) is 17.7 Å². The zero-order valence-corrected chi connectivity index (χ0v) is 10.6. The highest BCUT2D eigenvalue weighted by Crippen LogP contribution is 2.03. The lowest BCUT2D eigenvalue weighted by atomic mass is 10.1. The highest BCUT2D eigenvalue weighted by Gasteiger charge is 2.05. The molecule has 1 rings (SSSR count). The molecule has 0 saturated carbocycles. The van der Waals surface area contributed by atoms with E-state index in [9.17, 15) is 4.79 Å². The van der Waals surface area contributed by atoms with Crippen LogP contribution in [0.25, 0.3) is 0 Å². The summed E-state index contributed by atoms with van der Waals surface area (Å²) in [5, 5.41) is 2.88. The Morgan fingerprint density at radius 1 is 1.53 bits per heavy atom. The van der Waals surface area contributed by atoms with Crippen LogP contribution in [0.4, 0.5) is 0 Å². The van der Waals surface area contributed by atoms with Crippen LogP contribution in [0, 0.1) is 12.8 Å². The van der Waals surface area contributed by atoms with Gasteiger partial charge in [0.2, 0.25) is 5.91 Å². The number of nitrogens with two attached hydrogens (primary N) is 1. The summed E-state index contributed by atoms with van der Waals surface area (Å²) in [6.45, 7) is 5.17. The summed E-state index contributed by atoms with van der Waals surface area (Å²) in [7, 11) is 0. The molecule has 1 unspecified atom stereocenters. The zero-order chi connectivity index (χ0) is 12.7. The molecule has 17 heavy (non-hydrogen) atoms. The highest BCUT2D eigenvalue weighted by atomic mass is 16.1. The molecule has 0 aliphatic heterocycles. The summed E-state index contributed by atoms with van der Waals surface area (Å²) < 4.78 is 0. The summed E-state index contributed by atoms with van der Waals surface area (Å²) in [5.41, 5.74) is 7.50. The summed E-state index contributed by atoms with van der Waals surface area (Å²) in [6, 6.07) is 3.92. The summed E-state index contributed by atoms with van der Waals surface area (Å²) in [5.74, 6) is 0.479. The van der Waals surface area contributed by atoms with Crippen LogP contribution in [0.15, 0.2) is 18.3 Å². The molecule has 0 saturated heterocycles. The van der Waals surface area contributed by atoms with Crippen molar-refractivity contribution in [3.8, 4) is 0 Å².